The van der Waals surface area contributed by atoms with Gasteiger partial charge < -0.3 is 15.0 Å². The Labute approximate surface area is 192 Å². The lowest BCUT2D eigenvalue weighted by Gasteiger charge is -2.15. The number of aromatic nitrogens is 2. The van der Waals surface area contributed by atoms with Crippen LogP contribution < -0.4 is 5.32 Å². The summed E-state index contributed by atoms with van der Waals surface area (Å²) in [6.45, 7) is 5.20. The number of ether oxygens (including phenoxy) is 1. The number of hydrogen-bond acceptors (Lipinski definition) is 5. The zero-order chi connectivity index (χ0) is 23.4. The largest absolute Gasteiger partial charge is 0.462 e. The number of carbonyl (C=O) groups is 3. The van der Waals surface area contributed by atoms with Gasteiger partial charge in [0.1, 0.15) is 5.56 Å². The molecular formula is C25H26N4O4. The maximum absolute atomic E-state index is 12.7. The zero-order valence-corrected chi connectivity index (χ0v) is 18.7. The number of rotatable bonds is 7. The first-order valence-electron chi connectivity index (χ1n) is 11.0. The molecule has 0 unspecified atom stereocenters. The highest BCUT2D eigenvalue weighted by Crippen LogP contribution is 2.20. The standard InChI is InChI=1S/C25H26N4O4/c1-3-33-25(32)22-15-26-29(17(22)2)21-7-4-6-20(14-21)27-24(31)19-11-9-18(10-12-19)16-28-13-5-8-23(28)30/h4,6-7,9-12,14-15H,3,5,8,13,16H2,1-2H3,(H,27,31). The summed E-state index contributed by atoms with van der Waals surface area (Å²) in [5.41, 5.74) is 3.90. The van der Waals surface area contributed by atoms with Crippen molar-refractivity contribution < 1.29 is 19.1 Å². The van der Waals surface area contributed by atoms with E-state index < -0.39 is 5.97 Å². The van der Waals surface area contributed by atoms with Crippen molar-refractivity contribution in [3.63, 3.8) is 0 Å². The molecular weight excluding hydrogens is 420 g/mol. The van der Waals surface area contributed by atoms with Crippen molar-refractivity contribution in [3.05, 3.63) is 77.1 Å². The van der Waals surface area contributed by atoms with E-state index >= 15 is 0 Å². The number of amides is 2. The van der Waals surface area contributed by atoms with Crippen LogP contribution in [-0.4, -0.2) is 45.6 Å². The molecule has 0 aliphatic carbocycles. The number of anilines is 1. The van der Waals surface area contributed by atoms with Crippen LogP contribution in [0.25, 0.3) is 5.69 Å². The number of esters is 1. The van der Waals surface area contributed by atoms with Crippen molar-refractivity contribution in [2.45, 2.75) is 33.2 Å². The average molecular weight is 447 g/mol. The van der Waals surface area contributed by atoms with Crippen LogP contribution in [0.15, 0.2) is 54.7 Å². The minimum Gasteiger partial charge on any atom is -0.462 e. The van der Waals surface area contributed by atoms with Crippen molar-refractivity contribution in [2.75, 3.05) is 18.5 Å². The van der Waals surface area contributed by atoms with Crippen LogP contribution in [0.2, 0.25) is 0 Å². The van der Waals surface area contributed by atoms with Gasteiger partial charge in [0.05, 0.1) is 24.2 Å². The molecule has 0 radical (unpaired) electrons. The Kier molecular flexibility index (Phi) is 6.53. The van der Waals surface area contributed by atoms with Gasteiger partial charge in [-0.25, -0.2) is 9.48 Å². The molecule has 0 atom stereocenters. The fourth-order valence-electron chi connectivity index (χ4n) is 3.85. The molecule has 0 spiro atoms. The van der Waals surface area contributed by atoms with E-state index in [2.05, 4.69) is 10.4 Å². The maximum atomic E-state index is 12.7. The van der Waals surface area contributed by atoms with Gasteiger partial charge in [0.25, 0.3) is 5.91 Å². The Balaban J connectivity index is 1.45. The summed E-state index contributed by atoms with van der Waals surface area (Å²) >= 11 is 0. The molecule has 1 aliphatic heterocycles. The van der Waals surface area contributed by atoms with Gasteiger partial charge in [-0.15, -0.1) is 0 Å². The van der Waals surface area contributed by atoms with E-state index in [0.29, 0.717) is 47.8 Å². The maximum Gasteiger partial charge on any atom is 0.341 e. The molecule has 2 heterocycles. The summed E-state index contributed by atoms with van der Waals surface area (Å²) in [6, 6.07) is 14.5. The molecule has 0 bridgehead atoms. The van der Waals surface area contributed by atoms with Crippen molar-refractivity contribution >= 4 is 23.5 Å². The fraction of sp³-hybridized carbons (Fsp3) is 0.280. The number of benzene rings is 2. The Morgan fingerprint density at radius 2 is 1.94 bits per heavy atom. The first-order chi connectivity index (χ1) is 16.0. The van der Waals surface area contributed by atoms with Crippen LogP contribution in [-0.2, 0) is 16.1 Å². The fourth-order valence-corrected chi connectivity index (χ4v) is 3.85. The molecule has 8 nitrogen and oxygen atoms in total. The molecule has 1 aromatic heterocycles. The van der Waals surface area contributed by atoms with Crippen LogP contribution in [0.1, 0.15) is 51.7 Å². The second-order valence-corrected chi connectivity index (χ2v) is 7.90. The van der Waals surface area contributed by atoms with Gasteiger partial charge in [-0.05, 0) is 56.2 Å². The summed E-state index contributed by atoms with van der Waals surface area (Å²) in [5, 5.41) is 7.20. The van der Waals surface area contributed by atoms with Crippen molar-refractivity contribution in [1.29, 1.82) is 0 Å². The molecule has 4 rings (SSSR count). The van der Waals surface area contributed by atoms with E-state index in [1.165, 1.54) is 6.20 Å². The molecule has 3 aromatic rings. The molecule has 0 saturated carbocycles. The highest BCUT2D eigenvalue weighted by atomic mass is 16.5. The monoisotopic (exact) mass is 446 g/mol. The van der Waals surface area contributed by atoms with E-state index in [-0.39, 0.29) is 11.8 Å². The molecule has 2 amide bonds. The summed E-state index contributed by atoms with van der Waals surface area (Å²) < 4.78 is 6.70. The summed E-state index contributed by atoms with van der Waals surface area (Å²) in [4.78, 5) is 38.5. The van der Waals surface area contributed by atoms with E-state index in [4.69, 9.17) is 4.74 Å². The Hall–Kier alpha value is -3.94. The Bertz CT molecular complexity index is 1180. The van der Waals surface area contributed by atoms with Crippen LogP contribution in [0.5, 0.6) is 0 Å². The third-order valence-electron chi connectivity index (χ3n) is 5.61. The second kappa shape index (κ2) is 9.68. The molecule has 33 heavy (non-hydrogen) atoms. The molecule has 1 saturated heterocycles. The Morgan fingerprint density at radius 1 is 1.15 bits per heavy atom. The summed E-state index contributed by atoms with van der Waals surface area (Å²) in [7, 11) is 0. The van der Waals surface area contributed by atoms with Crippen LogP contribution in [0, 0.1) is 6.92 Å². The third kappa shape index (κ3) is 4.95. The third-order valence-corrected chi connectivity index (χ3v) is 5.61. The first kappa shape index (κ1) is 22.3. The van der Waals surface area contributed by atoms with Crippen molar-refractivity contribution in [1.82, 2.24) is 14.7 Å². The van der Waals surface area contributed by atoms with Crippen molar-refractivity contribution in [3.8, 4) is 5.69 Å². The van der Waals surface area contributed by atoms with Gasteiger partial charge in [-0.3, -0.25) is 9.59 Å². The van der Waals surface area contributed by atoms with Crippen molar-refractivity contribution in [2.24, 2.45) is 0 Å². The number of nitrogens with zero attached hydrogens (tertiary/aromatic N) is 3. The number of carbonyl (C=O) groups excluding carboxylic acids is 3. The van der Waals surface area contributed by atoms with Gasteiger partial charge in [-0.2, -0.15) is 5.10 Å². The lowest BCUT2D eigenvalue weighted by Crippen LogP contribution is -2.23. The van der Waals surface area contributed by atoms with E-state index in [1.54, 1.807) is 42.8 Å². The lowest BCUT2D eigenvalue weighted by atomic mass is 10.1. The topological polar surface area (TPSA) is 93.5 Å². The zero-order valence-electron chi connectivity index (χ0n) is 18.7. The molecule has 1 fully saturated rings. The van der Waals surface area contributed by atoms with Gasteiger partial charge in [0.15, 0.2) is 0 Å². The second-order valence-electron chi connectivity index (χ2n) is 7.90. The highest BCUT2D eigenvalue weighted by molar-refractivity contribution is 6.04. The van der Waals surface area contributed by atoms with Gasteiger partial charge in [0.2, 0.25) is 5.91 Å². The quantitative estimate of drug-likeness (QED) is 0.558. The SMILES string of the molecule is CCOC(=O)c1cnn(-c2cccc(NC(=O)c3ccc(CN4CCCC4=O)cc3)c2)c1C. The summed E-state index contributed by atoms with van der Waals surface area (Å²) in [5.74, 6) is -0.470. The predicted molar refractivity (Wildman–Crippen MR) is 123 cm³/mol. The smallest absolute Gasteiger partial charge is 0.341 e. The van der Waals surface area contributed by atoms with Crippen LogP contribution in [0.4, 0.5) is 5.69 Å². The average Bonchev–Trinajstić information content (AvgIpc) is 3.39. The van der Waals surface area contributed by atoms with Crippen LogP contribution >= 0.6 is 0 Å². The first-order valence-corrected chi connectivity index (χ1v) is 11.0. The van der Waals surface area contributed by atoms with E-state index in [1.807, 2.05) is 29.2 Å². The van der Waals surface area contributed by atoms with Gasteiger partial charge >= 0.3 is 5.97 Å². The van der Waals surface area contributed by atoms with E-state index in [9.17, 15) is 14.4 Å². The molecule has 1 aliphatic rings. The highest BCUT2D eigenvalue weighted by Gasteiger charge is 2.20. The molecule has 1 N–H and O–H groups in total. The normalized spacial score (nSPS) is 13.3. The minimum absolute atomic E-state index is 0.179. The predicted octanol–water partition coefficient (Wildman–Crippen LogP) is 3.73. The number of nitrogens with one attached hydrogen (secondary N) is 1. The summed E-state index contributed by atoms with van der Waals surface area (Å²) in [6.07, 6.45) is 3.00. The van der Waals surface area contributed by atoms with E-state index in [0.717, 1.165) is 18.5 Å². The molecule has 170 valence electrons. The van der Waals surface area contributed by atoms with Gasteiger partial charge in [0, 0.05) is 30.8 Å². The van der Waals surface area contributed by atoms with Gasteiger partial charge in [-0.1, -0.05) is 18.2 Å². The number of likely N-dealkylation sites (tertiary alicyclic amines) is 1. The minimum atomic E-state index is -0.414. The lowest BCUT2D eigenvalue weighted by molar-refractivity contribution is -0.128. The Morgan fingerprint density at radius 3 is 2.64 bits per heavy atom. The molecule has 2 aromatic carbocycles. The number of hydrogen-bond donors (Lipinski definition) is 1. The van der Waals surface area contributed by atoms with Crippen LogP contribution in [0.3, 0.4) is 0 Å². The molecule has 8 heteroatoms.